The lowest BCUT2D eigenvalue weighted by molar-refractivity contribution is 0.183. The van der Waals surface area contributed by atoms with Crippen molar-refractivity contribution < 1.29 is 4.79 Å². The molecule has 1 saturated heterocycles. The van der Waals surface area contributed by atoms with E-state index in [1.54, 1.807) is 0 Å². The second-order valence-corrected chi connectivity index (χ2v) is 5.91. The van der Waals surface area contributed by atoms with Crippen molar-refractivity contribution in [2.75, 3.05) is 31.1 Å². The Hall–Kier alpha value is -1.42. The molecule has 1 aliphatic heterocycles. The average Bonchev–Trinajstić information content (AvgIpc) is 2.43. The van der Waals surface area contributed by atoms with Crippen molar-refractivity contribution in [3.05, 3.63) is 29.3 Å². The van der Waals surface area contributed by atoms with Gasteiger partial charge in [0.05, 0.1) is 10.7 Å². The third-order valence-corrected chi connectivity index (χ3v) is 4.51. The van der Waals surface area contributed by atoms with Gasteiger partial charge in [-0.25, -0.2) is 4.79 Å². The van der Waals surface area contributed by atoms with Crippen LogP contribution in [0, 0.1) is 0 Å². The molecule has 1 aliphatic carbocycles. The van der Waals surface area contributed by atoms with Crippen LogP contribution in [-0.2, 0) is 0 Å². The highest BCUT2D eigenvalue weighted by molar-refractivity contribution is 6.33. The number of benzene rings is 1. The summed E-state index contributed by atoms with van der Waals surface area (Å²) >= 11 is 6.22. The van der Waals surface area contributed by atoms with Crippen molar-refractivity contribution in [2.24, 2.45) is 0 Å². The lowest BCUT2D eigenvalue weighted by Gasteiger charge is -2.38. The lowest BCUT2D eigenvalue weighted by atomic mass is 9.93. The number of hydrogen-bond donors (Lipinski definition) is 1. The molecule has 1 N–H and O–H groups in total. The van der Waals surface area contributed by atoms with Crippen LogP contribution in [-0.4, -0.2) is 43.2 Å². The summed E-state index contributed by atoms with van der Waals surface area (Å²) in [6.07, 6.45) is 3.50. The number of nitrogens with one attached hydrogen (secondary N) is 1. The Balaban J connectivity index is 1.54. The number of amides is 2. The Bertz CT molecular complexity index is 482. The molecular weight excluding hydrogens is 274 g/mol. The summed E-state index contributed by atoms with van der Waals surface area (Å²) in [5, 5.41) is 3.87. The molecule has 0 aromatic heterocycles. The van der Waals surface area contributed by atoms with E-state index in [0.717, 1.165) is 49.7 Å². The van der Waals surface area contributed by atoms with E-state index in [2.05, 4.69) is 10.2 Å². The molecule has 0 atom stereocenters. The smallest absolute Gasteiger partial charge is 0.317 e. The summed E-state index contributed by atoms with van der Waals surface area (Å²) in [4.78, 5) is 16.2. The Labute approximate surface area is 124 Å². The Morgan fingerprint density at radius 2 is 1.85 bits per heavy atom. The van der Waals surface area contributed by atoms with Crippen LogP contribution in [0.5, 0.6) is 0 Å². The van der Waals surface area contributed by atoms with E-state index in [0.29, 0.717) is 6.04 Å². The summed E-state index contributed by atoms with van der Waals surface area (Å²) in [6, 6.07) is 8.38. The van der Waals surface area contributed by atoms with Crippen LogP contribution in [0.1, 0.15) is 19.3 Å². The zero-order chi connectivity index (χ0) is 13.9. The molecule has 0 radical (unpaired) electrons. The van der Waals surface area contributed by atoms with Crippen LogP contribution >= 0.6 is 11.6 Å². The van der Waals surface area contributed by atoms with Gasteiger partial charge in [-0.3, -0.25) is 0 Å². The molecule has 2 aliphatic rings. The first-order valence-electron chi connectivity index (χ1n) is 7.29. The average molecular weight is 294 g/mol. The van der Waals surface area contributed by atoms with Crippen LogP contribution in [0.2, 0.25) is 5.02 Å². The van der Waals surface area contributed by atoms with E-state index < -0.39 is 0 Å². The number of carbonyl (C=O) groups excluding carboxylic acids is 1. The Morgan fingerprint density at radius 1 is 1.15 bits per heavy atom. The number of anilines is 1. The summed E-state index contributed by atoms with van der Waals surface area (Å²) in [7, 11) is 0. The molecule has 2 fully saturated rings. The maximum Gasteiger partial charge on any atom is 0.317 e. The van der Waals surface area contributed by atoms with E-state index in [1.165, 1.54) is 6.42 Å². The minimum Gasteiger partial charge on any atom is -0.367 e. The fourth-order valence-corrected chi connectivity index (χ4v) is 2.93. The molecule has 0 spiro atoms. The van der Waals surface area contributed by atoms with Gasteiger partial charge in [-0.15, -0.1) is 0 Å². The zero-order valence-electron chi connectivity index (χ0n) is 11.5. The van der Waals surface area contributed by atoms with Crippen LogP contribution in [0.4, 0.5) is 10.5 Å². The number of rotatable bonds is 2. The van der Waals surface area contributed by atoms with Crippen LogP contribution < -0.4 is 10.2 Å². The standard InChI is InChI=1S/C15H20ClN3O/c16-13-6-1-2-7-14(13)18-8-10-19(11-9-18)15(20)17-12-4-3-5-12/h1-2,6-7,12H,3-5,8-11H2,(H,17,20). The maximum atomic E-state index is 12.1. The lowest BCUT2D eigenvalue weighted by Crippen LogP contribution is -2.54. The molecule has 1 heterocycles. The van der Waals surface area contributed by atoms with Crippen LogP contribution in [0.3, 0.4) is 0 Å². The van der Waals surface area contributed by atoms with Crippen LogP contribution in [0.15, 0.2) is 24.3 Å². The van der Waals surface area contributed by atoms with Gasteiger partial charge in [-0.1, -0.05) is 23.7 Å². The molecule has 5 heteroatoms. The number of piperazine rings is 1. The van der Waals surface area contributed by atoms with Crippen LogP contribution in [0.25, 0.3) is 0 Å². The first kappa shape index (κ1) is 13.6. The first-order valence-corrected chi connectivity index (χ1v) is 7.67. The molecule has 1 saturated carbocycles. The van der Waals surface area contributed by atoms with Crippen molar-refractivity contribution >= 4 is 23.3 Å². The predicted octanol–water partition coefficient (Wildman–Crippen LogP) is 2.72. The molecule has 1 aromatic rings. The largest absolute Gasteiger partial charge is 0.367 e. The van der Waals surface area contributed by atoms with E-state index in [9.17, 15) is 4.79 Å². The van der Waals surface area contributed by atoms with E-state index in [4.69, 9.17) is 11.6 Å². The van der Waals surface area contributed by atoms with E-state index >= 15 is 0 Å². The molecule has 2 amide bonds. The van der Waals surface area contributed by atoms with Crippen molar-refractivity contribution in [3.63, 3.8) is 0 Å². The fourth-order valence-electron chi connectivity index (χ4n) is 2.68. The monoisotopic (exact) mass is 293 g/mol. The van der Waals surface area contributed by atoms with Crippen molar-refractivity contribution in [2.45, 2.75) is 25.3 Å². The predicted molar refractivity (Wildman–Crippen MR) is 81.4 cm³/mol. The highest BCUT2D eigenvalue weighted by Gasteiger charge is 2.25. The highest BCUT2D eigenvalue weighted by Crippen LogP contribution is 2.26. The number of nitrogens with zero attached hydrogens (tertiary/aromatic N) is 2. The molecule has 108 valence electrons. The van der Waals surface area contributed by atoms with Gasteiger partial charge in [0.2, 0.25) is 0 Å². The van der Waals surface area contributed by atoms with Gasteiger partial charge in [-0.2, -0.15) is 0 Å². The van der Waals surface area contributed by atoms with Crippen molar-refractivity contribution in [1.82, 2.24) is 10.2 Å². The topological polar surface area (TPSA) is 35.6 Å². The Kier molecular flexibility index (Phi) is 4.01. The first-order chi connectivity index (χ1) is 9.74. The third-order valence-electron chi connectivity index (χ3n) is 4.19. The van der Waals surface area contributed by atoms with Gasteiger partial charge in [0.25, 0.3) is 0 Å². The number of urea groups is 1. The van der Waals surface area contributed by atoms with Gasteiger partial charge in [-0.05, 0) is 31.4 Å². The molecule has 0 unspecified atom stereocenters. The van der Waals surface area contributed by atoms with Gasteiger partial charge in [0.1, 0.15) is 0 Å². The number of carbonyl (C=O) groups is 1. The summed E-state index contributed by atoms with van der Waals surface area (Å²) in [5.74, 6) is 0. The third kappa shape index (κ3) is 2.85. The minimum absolute atomic E-state index is 0.0912. The SMILES string of the molecule is O=C(NC1CCC1)N1CCN(c2ccccc2Cl)CC1. The summed E-state index contributed by atoms with van der Waals surface area (Å²) in [5.41, 5.74) is 1.06. The molecule has 4 nitrogen and oxygen atoms in total. The molecular formula is C15H20ClN3O. The summed E-state index contributed by atoms with van der Waals surface area (Å²) < 4.78 is 0. The second kappa shape index (κ2) is 5.92. The van der Waals surface area contributed by atoms with Gasteiger partial charge >= 0.3 is 6.03 Å². The Morgan fingerprint density at radius 3 is 2.45 bits per heavy atom. The van der Waals surface area contributed by atoms with Gasteiger partial charge in [0, 0.05) is 32.2 Å². The molecule has 3 rings (SSSR count). The molecule has 20 heavy (non-hydrogen) atoms. The number of para-hydroxylation sites is 1. The van der Waals surface area contributed by atoms with Crippen molar-refractivity contribution in [1.29, 1.82) is 0 Å². The summed E-state index contributed by atoms with van der Waals surface area (Å²) in [6.45, 7) is 3.18. The highest BCUT2D eigenvalue weighted by atomic mass is 35.5. The minimum atomic E-state index is 0.0912. The van der Waals surface area contributed by atoms with Crippen molar-refractivity contribution in [3.8, 4) is 0 Å². The van der Waals surface area contributed by atoms with E-state index in [-0.39, 0.29) is 6.03 Å². The quantitative estimate of drug-likeness (QED) is 0.910. The van der Waals surface area contributed by atoms with Gasteiger partial charge in [0.15, 0.2) is 0 Å². The number of halogens is 1. The second-order valence-electron chi connectivity index (χ2n) is 5.50. The number of hydrogen-bond acceptors (Lipinski definition) is 2. The maximum absolute atomic E-state index is 12.1. The molecule has 0 bridgehead atoms. The molecule has 1 aromatic carbocycles. The van der Waals surface area contributed by atoms with Gasteiger partial charge < -0.3 is 15.1 Å². The zero-order valence-corrected chi connectivity index (χ0v) is 12.3. The normalized spacial score (nSPS) is 19.6. The van der Waals surface area contributed by atoms with E-state index in [1.807, 2.05) is 29.2 Å². The fraction of sp³-hybridized carbons (Fsp3) is 0.533.